The summed E-state index contributed by atoms with van der Waals surface area (Å²) in [4.78, 5) is 85.6. The van der Waals surface area contributed by atoms with E-state index >= 15 is 0 Å². The fourth-order valence-electron chi connectivity index (χ4n) is 6.32. The van der Waals surface area contributed by atoms with Crippen LogP contribution in [0, 0.1) is 11.6 Å². The molecule has 2 aliphatic carbocycles. The van der Waals surface area contributed by atoms with Crippen LogP contribution in [0.1, 0.15) is 70.2 Å². The second kappa shape index (κ2) is 15.5. The Labute approximate surface area is 303 Å². The Morgan fingerprint density at radius 3 is 1.75 bits per heavy atom. The van der Waals surface area contributed by atoms with Crippen molar-refractivity contribution in [1.82, 2.24) is 9.80 Å². The Morgan fingerprint density at radius 2 is 1.30 bits per heavy atom. The molecule has 6 rings (SSSR count). The van der Waals surface area contributed by atoms with Gasteiger partial charge in [-0.2, -0.15) is 0 Å². The minimum absolute atomic E-state index is 0. The van der Waals surface area contributed by atoms with E-state index in [0.29, 0.717) is 33.8 Å². The predicted octanol–water partition coefficient (Wildman–Crippen LogP) is 3.19. The number of hydrogen-bond donors (Lipinski definition) is 3. The molecule has 2 fully saturated rings. The van der Waals surface area contributed by atoms with Crippen LogP contribution in [0.25, 0.3) is 0 Å². The third-order valence-electron chi connectivity index (χ3n) is 8.46. The first-order valence-electron chi connectivity index (χ1n) is 15.8. The molecule has 4 aliphatic rings. The average Bonchev–Trinajstić information content (AvgIpc) is 3.73. The van der Waals surface area contributed by atoms with Crippen molar-refractivity contribution >= 4 is 53.2 Å². The van der Waals surface area contributed by atoms with E-state index in [1.54, 1.807) is 20.8 Å². The van der Waals surface area contributed by atoms with Gasteiger partial charge in [-0.05, 0) is 69.0 Å². The normalized spacial score (nSPS) is 20.7. The van der Waals surface area contributed by atoms with Crippen molar-refractivity contribution in [3.8, 4) is 0 Å². The first-order chi connectivity index (χ1) is 24.3. The Balaban J connectivity index is 0.000000274. The smallest absolute Gasteiger partial charge is 0.418 e. The van der Waals surface area contributed by atoms with Crippen LogP contribution in [-0.4, -0.2) is 89.7 Å². The van der Waals surface area contributed by atoms with Crippen LogP contribution < -0.4 is 11.1 Å². The number of nitrogens with two attached hydrogens (primary N) is 1. The molecule has 2 spiro atoms. The van der Waals surface area contributed by atoms with Gasteiger partial charge in [-0.15, -0.1) is 0 Å². The predicted molar refractivity (Wildman–Crippen MR) is 181 cm³/mol. The van der Waals surface area contributed by atoms with Crippen molar-refractivity contribution in [2.24, 2.45) is 0 Å². The minimum atomic E-state index is -1.66. The number of carbonyl (C=O) groups is 7. The number of anilines is 2. The highest BCUT2D eigenvalue weighted by molar-refractivity contribution is 6.07. The summed E-state index contributed by atoms with van der Waals surface area (Å²) >= 11 is 0. The summed E-state index contributed by atoms with van der Waals surface area (Å²) < 4.78 is 48.3. The van der Waals surface area contributed by atoms with E-state index in [2.05, 4.69) is 10.1 Å². The van der Waals surface area contributed by atoms with Crippen LogP contribution >= 0.6 is 0 Å². The molecule has 0 saturated carbocycles. The van der Waals surface area contributed by atoms with Crippen LogP contribution in [0.3, 0.4) is 0 Å². The van der Waals surface area contributed by atoms with E-state index in [4.69, 9.17) is 25.1 Å². The zero-order valence-corrected chi connectivity index (χ0v) is 29.2. The van der Waals surface area contributed by atoms with E-state index < -0.39 is 83.4 Å². The number of halogens is 2. The lowest BCUT2D eigenvalue weighted by atomic mass is 9.94. The molecule has 2 saturated heterocycles. The maximum atomic E-state index is 14.4. The Bertz CT molecular complexity index is 1860. The molecule has 2 atom stereocenters. The van der Waals surface area contributed by atoms with Gasteiger partial charge in [0.2, 0.25) is 17.1 Å². The molecule has 0 aromatic heterocycles. The number of benzene rings is 2. The third-order valence-corrected chi connectivity index (χ3v) is 8.46. The summed E-state index contributed by atoms with van der Waals surface area (Å²) in [5.74, 6) is -4.78. The second-order valence-electron chi connectivity index (χ2n) is 13.0. The molecular formula is C35H42F2N4O12. The molecule has 53 heavy (non-hydrogen) atoms. The monoisotopic (exact) mass is 748 g/mol. The van der Waals surface area contributed by atoms with Crippen molar-refractivity contribution in [1.29, 1.82) is 0 Å². The van der Waals surface area contributed by atoms with E-state index in [1.165, 1.54) is 19.1 Å². The number of aryl methyl sites for hydroxylation is 2. The number of nitrogen functional groups attached to an aromatic ring is 1. The van der Waals surface area contributed by atoms with Gasteiger partial charge in [0.25, 0.3) is 11.8 Å². The summed E-state index contributed by atoms with van der Waals surface area (Å²) in [5, 5.41) is 9.38. The zero-order chi connectivity index (χ0) is 38.9. The van der Waals surface area contributed by atoms with Gasteiger partial charge >= 0.3 is 24.1 Å². The van der Waals surface area contributed by atoms with E-state index in [-0.39, 0.29) is 42.8 Å². The fraction of sp³-hybridized carbons (Fsp3) is 0.457. The molecule has 2 heterocycles. The average molecular weight is 749 g/mol. The number of esters is 2. The van der Waals surface area contributed by atoms with Gasteiger partial charge in [0.15, 0.2) is 0 Å². The number of methoxy groups -OCH3 is 1. The first kappa shape index (κ1) is 41.8. The lowest BCUT2D eigenvalue weighted by Crippen LogP contribution is -2.41. The van der Waals surface area contributed by atoms with Crippen LogP contribution in [0.5, 0.6) is 0 Å². The molecule has 0 radical (unpaired) electrons. The number of amides is 5. The van der Waals surface area contributed by atoms with Crippen LogP contribution in [0.2, 0.25) is 0 Å². The highest BCUT2D eigenvalue weighted by Crippen LogP contribution is 2.47. The summed E-state index contributed by atoms with van der Waals surface area (Å²) in [6, 6.07) is 5.07. The third kappa shape index (κ3) is 7.91. The standard InChI is InChI=1S/C19H21FN2O6.C14H13FN2O5.CH4O.CH4/c1-10(23)21-14-7-11-5-6-19(12(11)8-13(14)20)16(25)22(17(26)28-19)9-15(24)27-18(2,3)4;1-21-11(18)6-17-12(19)14(22-13(17)20)3-2-7-4-10(16)9(15)5-8(7)14;1-2;/h7-8H,5-6,9H2,1-4H3,(H,21,23);4-5H,2-3,6,16H2,1H3;2H,1H3;1H4. The molecule has 288 valence electrons. The minimum Gasteiger partial charge on any atom is -0.468 e. The highest BCUT2D eigenvalue weighted by atomic mass is 19.1. The maximum Gasteiger partial charge on any atom is 0.418 e. The molecule has 2 aromatic carbocycles. The molecule has 5 amide bonds. The Hall–Kier alpha value is -5.65. The first-order valence-corrected chi connectivity index (χ1v) is 15.8. The van der Waals surface area contributed by atoms with Gasteiger partial charge in [-0.3, -0.25) is 24.0 Å². The quantitative estimate of drug-likeness (QED) is 0.228. The number of nitrogens with zero attached hydrogens (tertiary/aromatic N) is 2. The second-order valence-corrected chi connectivity index (χ2v) is 13.0. The molecule has 2 aliphatic heterocycles. The molecule has 0 bridgehead atoms. The van der Waals surface area contributed by atoms with Crippen LogP contribution in [0.15, 0.2) is 24.3 Å². The molecule has 2 aromatic rings. The number of carbonyl (C=O) groups excluding carboxylic acids is 7. The van der Waals surface area contributed by atoms with Crippen molar-refractivity contribution in [2.75, 3.05) is 38.4 Å². The van der Waals surface area contributed by atoms with Gasteiger partial charge in [-0.25, -0.2) is 28.2 Å². The van der Waals surface area contributed by atoms with Crippen molar-refractivity contribution in [3.05, 3.63) is 58.2 Å². The summed E-state index contributed by atoms with van der Waals surface area (Å²) in [6.07, 6.45) is -0.837. The number of aliphatic hydroxyl groups is 1. The fourth-order valence-corrected chi connectivity index (χ4v) is 6.32. The summed E-state index contributed by atoms with van der Waals surface area (Å²) in [7, 11) is 2.15. The molecule has 2 unspecified atom stereocenters. The van der Waals surface area contributed by atoms with E-state index in [0.717, 1.165) is 26.4 Å². The van der Waals surface area contributed by atoms with Crippen molar-refractivity contribution < 1.29 is 66.4 Å². The van der Waals surface area contributed by atoms with Crippen molar-refractivity contribution in [2.45, 2.75) is 77.6 Å². The van der Waals surface area contributed by atoms with Gasteiger partial charge in [0.1, 0.15) is 30.3 Å². The lowest BCUT2D eigenvalue weighted by molar-refractivity contribution is -0.157. The highest BCUT2D eigenvalue weighted by Gasteiger charge is 2.60. The largest absolute Gasteiger partial charge is 0.468 e. The Morgan fingerprint density at radius 1 is 0.849 bits per heavy atom. The number of aliphatic hydroxyl groups excluding tert-OH is 1. The maximum absolute atomic E-state index is 14.4. The number of hydrogen-bond acceptors (Lipinski definition) is 13. The SMILES string of the molecule is C.CC(=O)Nc1cc2c(cc1F)C1(CC2)OC(=O)N(CC(=O)OC(C)(C)C)C1=O.CO.COC(=O)CN1C(=O)OC2(CCc3cc(N)c(F)cc32)C1=O. The van der Waals surface area contributed by atoms with Gasteiger partial charge in [0.05, 0.1) is 18.5 Å². The zero-order valence-electron chi connectivity index (χ0n) is 29.2. The molecule has 18 heteroatoms. The van der Waals surface area contributed by atoms with Crippen LogP contribution in [-0.2, 0) is 67.0 Å². The summed E-state index contributed by atoms with van der Waals surface area (Å²) in [5.41, 5.74) is 3.22. The van der Waals surface area contributed by atoms with E-state index in [9.17, 15) is 42.3 Å². The Kier molecular flexibility index (Phi) is 12.2. The topological polar surface area (TPSA) is 221 Å². The summed E-state index contributed by atoms with van der Waals surface area (Å²) in [6.45, 7) is 5.13. The van der Waals surface area contributed by atoms with Crippen LogP contribution in [0.4, 0.5) is 29.7 Å². The van der Waals surface area contributed by atoms with Gasteiger partial charge < -0.3 is 35.1 Å². The number of ether oxygens (including phenoxy) is 4. The molecular weight excluding hydrogens is 706 g/mol. The lowest BCUT2D eigenvalue weighted by Gasteiger charge is -2.22. The number of fused-ring (bicyclic) bond motifs is 4. The molecule has 4 N–H and O–H groups in total. The molecule has 16 nitrogen and oxygen atoms in total. The van der Waals surface area contributed by atoms with Gasteiger partial charge in [-0.1, -0.05) is 7.43 Å². The number of nitrogens with one attached hydrogen (secondary N) is 1. The number of imide groups is 2. The van der Waals surface area contributed by atoms with Gasteiger partial charge in [0, 0.05) is 38.0 Å². The van der Waals surface area contributed by atoms with E-state index in [1.807, 2.05) is 0 Å². The number of rotatable bonds is 5. The van der Waals surface area contributed by atoms with Crippen molar-refractivity contribution in [3.63, 3.8) is 0 Å².